The number of rotatable bonds is 1. The molecule has 19 heavy (non-hydrogen) atoms. The molecular weight excluding hydrogens is 400 g/mol. The minimum absolute atomic E-state index is 0.000848. The fourth-order valence-corrected chi connectivity index (χ4v) is 3.83. The molecule has 0 N–H and O–H groups in total. The second kappa shape index (κ2) is 6.23. The summed E-state index contributed by atoms with van der Waals surface area (Å²) in [5.74, 6) is 0.000848. The van der Waals surface area contributed by atoms with Crippen LogP contribution >= 0.6 is 43.2 Å². The van der Waals surface area contributed by atoms with Gasteiger partial charge in [-0.15, -0.1) is 11.3 Å². The average molecular weight is 412 g/mol. The number of halogens is 2. The van der Waals surface area contributed by atoms with Gasteiger partial charge in [-0.1, -0.05) is 0 Å². The van der Waals surface area contributed by atoms with Gasteiger partial charge in [-0.25, -0.2) is 4.79 Å². The fraction of sp³-hybridized carbons (Fsp3) is 0.455. The topological polar surface area (TPSA) is 49.9 Å². The van der Waals surface area contributed by atoms with E-state index in [1.165, 1.54) is 18.4 Å². The van der Waals surface area contributed by atoms with Crippen molar-refractivity contribution in [1.82, 2.24) is 9.80 Å². The van der Waals surface area contributed by atoms with Crippen LogP contribution < -0.4 is 0 Å². The smallest absolute Gasteiger partial charge is 0.409 e. The lowest BCUT2D eigenvalue weighted by molar-refractivity contribution is 0.0604. The van der Waals surface area contributed by atoms with Gasteiger partial charge in [-0.3, -0.25) is 4.79 Å². The van der Waals surface area contributed by atoms with Crippen LogP contribution in [0.4, 0.5) is 4.79 Å². The quantitative estimate of drug-likeness (QED) is 0.713. The van der Waals surface area contributed by atoms with Gasteiger partial charge in [0.05, 0.1) is 15.8 Å². The summed E-state index contributed by atoms with van der Waals surface area (Å²) in [6.07, 6.45) is -0.339. The maximum absolute atomic E-state index is 12.3. The van der Waals surface area contributed by atoms with Crippen molar-refractivity contribution in [2.24, 2.45) is 0 Å². The van der Waals surface area contributed by atoms with Crippen LogP contribution in [0.5, 0.6) is 0 Å². The highest BCUT2D eigenvalue weighted by molar-refractivity contribution is 9.13. The molecule has 0 radical (unpaired) electrons. The van der Waals surface area contributed by atoms with E-state index in [0.717, 1.165) is 8.26 Å². The number of piperazine rings is 1. The molecule has 5 nitrogen and oxygen atoms in total. The van der Waals surface area contributed by atoms with Crippen LogP contribution in [0, 0.1) is 0 Å². The van der Waals surface area contributed by atoms with Crippen LogP contribution in [0.15, 0.2) is 14.3 Å². The fourth-order valence-electron chi connectivity index (χ4n) is 1.83. The Balaban J connectivity index is 1.98. The summed E-state index contributed by atoms with van der Waals surface area (Å²) in [4.78, 5) is 27.7. The first kappa shape index (κ1) is 14.8. The maximum Gasteiger partial charge on any atom is 0.409 e. The first-order valence-electron chi connectivity index (χ1n) is 5.60. The molecule has 8 heteroatoms. The number of hydrogen-bond donors (Lipinski definition) is 0. The second-order valence-electron chi connectivity index (χ2n) is 3.98. The molecule has 104 valence electrons. The Kier molecular flexibility index (Phi) is 4.86. The monoisotopic (exact) mass is 410 g/mol. The van der Waals surface area contributed by atoms with E-state index in [-0.39, 0.29) is 12.0 Å². The molecule has 1 aromatic rings. The normalized spacial score (nSPS) is 15.5. The number of carbonyl (C=O) groups excluding carboxylic acids is 2. The van der Waals surface area contributed by atoms with E-state index in [4.69, 9.17) is 0 Å². The zero-order valence-electron chi connectivity index (χ0n) is 10.2. The average Bonchev–Trinajstić information content (AvgIpc) is 2.77. The first-order chi connectivity index (χ1) is 9.02. The van der Waals surface area contributed by atoms with E-state index in [0.29, 0.717) is 31.1 Å². The summed E-state index contributed by atoms with van der Waals surface area (Å²) in [6, 6.07) is 1.81. The van der Waals surface area contributed by atoms with Gasteiger partial charge in [0.15, 0.2) is 0 Å². The third-order valence-corrected chi connectivity index (χ3v) is 6.10. The van der Waals surface area contributed by atoms with Gasteiger partial charge in [0.2, 0.25) is 0 Å². The molecule has 0 spiro atoms. The largest absolute Gasteiger partial charge is 0.453 e. The Morgan fingerprint density at radius 2 is 1.79 bits per heavy atom. The zero-order valence-corrected chi connectivity index (χ0v) is 14.2. The molecule has 2 amide bonds. The van der Waals surface area contributed by atoms with Crippen molar-refractivity contribution in [3.8, 4) is 0 Å². The molecule has 0 bridgehead atoms. The van der Waals surface area contributed by atoms with Gasteiger partial charge in [0.25, 0.3) is 5.91 Å². The van der Waals surface area contributed by atoms with E-state index in [1.54, 1.807) is 9.80 Å². The minimum atomic E-state index is -0.339. The molecule has 1 aliphatic heterocycles. The third-order valence-electron chi connectivity index (χ3n) is 2.86. The SMILES string of the molecule is COC(=O)N1CCN(C(=O)c2cc(Br)c(Br)s2)CC1. The Bertz CT molecular complexity index is 479. The summed E-state index contributed by atoms with van der Waals surface area (Å²) < 4.78 is 6.45. The van der Waals surface area contributed by atoms with Crippen molar-refractivity contribution in [3.05, 3.63) is 19.2 Å². The van der Waals surface area contributed by atoms with Crippen LogP contribution in [0.2, 0.25) is 0 Å². The van der Waals surface area contributed by atoms with Gasteiger partial charge >= 0.3 is 6.09 Å². The lowest BCUT2D eigenvalue weighted by Crippen LogP contribution is -2.50. The molecule has 2 rings (SSSR count). The van der Waals surface area contributed by atoms with Gasteiger partial charge < -0.3 is 14.5 Å². The van der Waals surface area contributed by atoms with Crippen molar-refractivity contribution in [3.63, 3.8) is 0 Å². The Labute approximate surface area is 131 Å². The molecule has 0 aromatic carbocycles. The number of amides is 2. The van der Waals surface area contributed by atoms with E-state index < -0.39 is 0 Å². The number of carbonyl (C=O) groups is 2. The van der Waals surface area contributed by atoms with Crippen molar-refractivity contribution >= 4 is 55.2 Å². The number of hydrogen-bond acceptors (Lipinski definition) is 4. The summed E-state index contributed by atoms with van der Waals surface area (Å²) in [6.45, 7) is 2.07. The second-order valence-corrected chi connectivity index (χ2v) is 7.21. The number of ether oxygens (including phenoxy) is 1. The molecule has 1 aliphatic rings. The van der Waals surface area contributed by atoms with Crippen LogP contribution in [-0.2, 0) is 4.74 Å². The highest BCUT2D eigenvalue weighted by Crippen LogP contribution is 2.33. The summed E-state index contributed by atoms with van der Waals surface area (Å²) in [7, 11) is 1.36. The van der Waals surface area contributed by atoms with E-state index in [9.17, 15) is 9.59 Å². The molecule has 1 saturated heterocycles. The van der Waals surface area contributed by atoms with Crippen LogP contribution in [0.1, 0.15) is 9.67 Å². The highest BCUT2D eigenvalue weighted by Gasteiger charge is 2.26. The molecule has 0 aliphatic carbocycles. The predicted octanol–water partition coefficient (Wildman–Crippen LogP) is 2.80. The van der Waals surface area contributed by atoms with E-state index in [1.807, 2.05) is 6.07 Å². The standard InChI is InChI=1S/C11H12Br2N2O3S/c1-18-11(17)15-4-2-14(3-5-15)10(16)8-6-7(12)9(13)19-8/h6H,2-5H2,1H3. The molecule has 0 unspecified atom stereocenters. The first-order valence-corrected chi connectivity index (χ1v) is 8.00. The van der Waals surface area contributed by atoms with E-state index >= 15 is 0 Å². The van der Waals surface area contributed by atoms with Crippen molar-refractivity contribution < 1.29 is 14.3 Å². The predicted molar refractivity (Wildman–Crippen MR) is 79.6 cm³/mol. The molecular formula is C11H12Br2N2O3S. The van der Waals surface area contributed by atoms with Gasteiger partial charge in [0, 0.05) is 30.7 Å². The van der Waals surface area contributed by atoms with Crippen LogP contribution in [0.3, 0.4) is 0 Å². The van der Waals surface area contributed by atoms with Crippen molar-refractivity contribution in [2.45, 2.75) is 0 Å². The molecule has 1 aromatic heterocycles. The Morgan fingerprint density at radius 3 is 2.26 bits per heavy atom. The Morgan fingerprint density at radius 1 is 1.21 bits per heavy atom. The lowest BCUT2D eigenvalue weighted by Gasteiger charge is -2.33. The number of methoxy groups -OCH3 is 1. The van der Waals surface area contributed by atoms with E-state index in [2.05, 4.69) is 36.6 Å². The van der Waals surface area contributed by atoms with Crippen molar-refractivity contribution in [1.29, 1.82) is 0 Å². The third kappa shape index (κ3) is 3.29. The summed E-state index contributed by atoms with van der Waals surface area (Å²) >= 11 is 8.15. The van der Waals surface area contributed by atoms with Crippen LogP contribution in [0.25, 0.3) is 0 Å². The van der Waals surface area contributed by atoms with Gasteiger partial charge in [0.1, 0.15) is 0 Å². The molecule has 0 atom stereocenters. The number of nitrogens with zero attached hydrogens (tertiary/aromatic N) is 2. The summed E-state index contributed by atoms with van der Waals surface area (Å²) in [5, 5.41) is 0. The molecule has 0 saturated carbocycles. The molecule has 2 heterocycles. The highest BCUT2D eigenvalue weighted by atomic mass is 79.9. The Hall–Kier alpha value is -0.600. The lowest BCUT2D eigenvalue weighted by atomic mass is 10.3. The molecule has 1 fully saturated rings. The maximum atomic E-state index is 12.3. The van der Waals surface area contributed by atoms with Crippen LogP contribution in [-0.4, -0.2) is 55.1 Å². The zero-order chi connectivity index (χ0) is 14.0. The van der Waals surface area contributed by atoms with Crippen molar-refractivity contribution in [2.75, 3.05) is 33.3 Å². The summed E-state index contributed by atoms with van der Waals surface area (Å²) in [5.41, 5.74) is 0. The number of thiophene rings is 1. The van der Waals surface area contributed by atoms with Gasteiger partial charge in [-0.05, 0) is 37.9 Å². The minimum Gasteiger partial charge on any atom is -0.453 e. The van der Waals surface area contributed by atoms with Gasteiger partial charge in [-0.2, -0.15) is 0 Å².